The number of nitrogens with one attached hydrogen (secondary N) is 1. The second-order valence-corrected chi connectivity index (χ2v) is 5.59. The first-order valence-corrected chi connectivity index (χ1v) is 8.36. The summed E-state index contributed by atoms with van der Waals surface area (Å²) in [7, 11) is 0. The Hall–Kier alpha value is -2.74. The molecule has 0 atom stereocenters. The second kappa shape index (κ2) is 11.0. The van der Waals surface area contributed by atoms with Crippen LogP contribution in [0, 0.1) is 6.92 Å². The van der Waals surface area contributed by atoms with Crippen molar-refractivity contribution in [2.24, 2.45) is 0 Å². The van der Waals surface area contributed by atoms with Crippen LogP contribution in [0.3, 0.4) is 0 Å². The zero-order chi connectivity index (χ0) is 19.5. The Morgan fingerprint density at radius 2 is 1.96 bits per heavy atom. The lowest BCUT2D eigenvalue weighted by Gasteiger charge is -2.19. The molecule has 8 heteroatoms. The number of rotatable bonds is 10. The highest BCUT2D eigenvalue weighted by molar-refractivity contribution is 6.06. The van der Waals surface area contributed by atoms with Crippen LogP contribution in [0.15, 0.2) is 18.2 Å². The number of amides is 4. The molecule has 1 rings (SSSR count). The van der Waals surface area contributed by atoms with Gasteiger partial charge in [-0.15, -0.1) is 0 Å². The maximum absolute atomic E-state index is 12.7. The van der Waals surface area contributed by atoms with Crippen molar-refractivity contribution in [1.82, 2.24) is 10.2 Å². The quantitative estimate of drug-likeness (QED) is 0.469. The number of imide groups is 2. The van der Waals surface area contributed by atoms with E-state index in [-0.39, 0.29) is 25.0 Å². The Morgan fingerprint density at radius 3 is 2.58 bits per heavy atom. The van der Waals surface area contributed by atoms with Gasteiger partial charge in [-0.25, -0.2) is 0 Å². The summed E-state index contributed by atoms with van der Waals surface area (Å²) in [5, 5.41) is 10.9. The predicted molar refractivity (Wildman–Crippen MR) is 93.5 cm³/mol. The smallest absolute Gasteiger partial charge is 0.264 e. The Bertz CT molecular complexity index is 659. The number of aliphatic hydroxyl groups excluding tert-OH is 1. The summed E-state index contributed by atoms with van der Waals surface area (Å²) >= 11 is 0. The van der Waals surface area contributed by atoms with Gasteiger partial charge in [-0.2, -0.15) is 0 Å². The summed E-state index contributed by atoms with van der Waals surface area (Å²) in [6, 6.07) is 5.01. The number of hydrogen-bond acceptors (Lipinski definition) is 6. The standard InChI is InChI=1S/C18H24N2O6/c1-3-15(23)19-16(24)11-20(12-22)18(25)17-13(2)7-6-8-14(17)26-10-5-4-9-21/h6-8,12,21H,3-5,9-11H2,1-2H3,(H,19,23,24). The molecule has 142 valence electrons. The van der Waals surface area contributed by atoms with Crippen LogP contribution in [0.4, 0.5) is 0 Å². The maximum Gasteiger partial charge on any atom is 0.264 e. The molecular weight excluding hydrogens is 340 g/mol. The molecular formula is C18H24N2O6. The topological polar surface area (TPSA) is 113 Å². The molecule has 0 spiro atoms. The fraction of sp³-hybridized carbons (Fsp3) is 0.444. The van der Waals surface area contributed by atoms with E-state index in [9.17, 15) is 19.2 Å². The number of unbranched alkanes of at least 4 members (excludes halogenated alkanes) is 1. The van der Waals surface area contributed by atoms with E-state index in [1.54, 1.807) is 32.0 Å². The minimum absolute atomic E-state index is 0.0491. The van der Waals surface area contributed by atoms with Crippen LogP contribution >= 0.6 is 0 Å². The molecule has 2 N–H and O–H groups in total. The highest BCUT2D eigenvalue weighted by atomic mass is 16.5. The molecule has 4 amide bonds. The van der Waals surface area contributed by atoms with Crippen molar-refractivity contribution < 1.29 is 29.0 Å². The first-order chi connectivity index (χ1) is 12.4. The monoisotopic (exact) mass is 364 g/mol. The van der Waals surface area contributed by atoms with Crippen LogP contribution in [-0.4, -0.2) is 53.9 Å². The molecule has 0 saturated carbocycles. The minimum Gasteiger partial charge on any atom is -0.493 e. The summed E-state index contributed by atoms with van der Waals surface area (Å²) in [5.74, 6) is -1.62. The van der Waals surface area contributed by atoms with Crippen LogP contribution in [0.2, 0.25) is 0 Å². The van der Waals surface area contributed by atoms with E-state index in [0.717, 1.165) is 0 Å². The van der Waals surface area contributed by atoms with Gasteiger partial charge in [0.25, 0.3) is 5.91 Å². The van der Waals surface area contributed by atoms with Gasteiger partial charge in [-0.3, -0.25) is 29.4 Å². The van der Waals surface area contributed by atoms with Crippen LogP contribution in [0.25, 0.3) is 0 Å². The molecule has 8 nitrogen and oxygen atoms in total. The average molecular weight is 364 g/mol. The van der Waals surface area contributed by atoms with Crippen molar-refractivity contribution in [1.29, 1.82) is 0 Å². The van der Waals surface area contributed by atoms with Crippen molar-refractivity contribution in [3.05, 3.63) is 29.3 Å². The number of ether oxygens (including phenoxy) is 1. The molecule has 0 heterocycles. The molecule has 0 aromatic heterocycles. The number of benzene rings is 1. The average Bonchev–Trinajstić information content (AvgIpc) is 2.62. The van der Waals surface area contributed by atoms with E-state index in [4.69, 9.17) is 9.84 Å². The van der Waals surface area contributed by atoms with Crippen LogP contribution in [-0.2, 0) is 14.4 Å². The molecule has 26 heavy (non-hydrogen) atoms. The van der Waals surface area contributed by atoms with Gasteiger partial charge in [0.15, 0.2) is 0 Å². The van der Waals surface area contributed by atoms with Gasteiger partial charge in [0.2, 0.25) is 18.2 Å². The van der Waals surface area contributed by atoms with Crippen molar-refractivity contribution >= 4 is 24.1 Å². The summed E-state index contributed by atoms with van der Waals surface area (Å²) < 4.78 is 5.59. The molecule has 0 fully saturated rings. The first-order valence-electron chi connectivity index (χ1n) is 8.36. The van der Waals surface area contributed by atoms with Gasteiger partial charge in [0.05, 0.1) is 12.2 Å². The zero-order valence-corrected chi connectivity index (χ0v) is 15.0. The normalized spacial score (nSPS) is 10.1. The highest BCUT2D eigenvalue weighted by Crippen LogP contribution is 2.24. The number of aryl methyl sites for hydroxylation is 1. The van der Waals surface area contributed by atoms with E-state index in [0.29, 0.717) is 35.7 Å². The first kappa shape index (κ1) is 21.3. The highest BCUT2D eigenvalue weighted by Gasteiger charge is 2.24. The lowest BCUT2D eigenvalue weighted by Crippen LogP contribution is -2.42. The third kappa shape index (κ3) is 6.29. The largest absolute Gasteiger partial charge is 0.493 e. The summed E-state index contributed by atoms with van der Waals surface area (Å²) in [6.07, 6.45) is 1.54. The SMILES string of the molecule is CCC(=O)NC(=O)CN(C=O)C(=O)c1c(C)cccc1OCCCCO. The molecule has 0 aliphatic rings. The van der Waals surface area contributed by atoms with Crippen LogP contribution < -0.4 is 10.1 Å². The van der Waals surface area contributed by atoms with Gasteiger partial charge in [0, 0.05) is 13.0 Å². The summed E-state index contributed by atoms with van der Waals surface area (Å²) in [5.41, 5.74) is 0.768. The van der Waals surface area contributed by atoms with Gasteiger partial charge >= 0.3 is 0 Å². The third-order valence-electron chi connectivity index (χ3n) is 3.56. The zero-order valence-electron chi connectivity index (χ0n) is 15.0. The maximum atomic E-state index is 12.7. The molecule has 1 aromatic carbocycles. The van der Waals surface area contributed by atoms with Gasteiger partial charge in [-0.05, 0) is 31.4 Å². The fourth-order valence-electron chi connectivity index (χ4n) is 2.17. The Kier molecular flexibility index (Phi) is 9.00. The number of aliphatic hydroxyl groups is 1. The fourth-order valence-corrected chi connectivity index (χ4v) is 2.17. The van der Waals surface area contributed by atoms with E-state index >= 15 is 0 Å². The molecule has 0 aliphatic carbocycles. The van der Waals surface area contributed by atoms with Gasteiger partial charge < -0.3 is 9.84 Å². The number of carbonyl (C=O) groups is 4. The van der Waals surface area contributed by atoms with E-state index in [1.807, 2.05) is 0 Å². The molecule has 0 radical (unpaired) electrons. The molecule has 0 bridgehead atoms. The van der Waals surface area contributed by atoms with Crippen molar-refractivity contribution in [3.63, 3.8) is 0 Å². The van der Waals surface area contributed by atoms with Gasteiger partial charge in [0.1, 0.15) is 12.3 Å². The van der Waals surface area contributed by atoms with Crippen LogP contribution in [0.5, 0.6) is 5.75 Å². The number of carbonyl (C=O) groups excluding carboxylic acids is 4. The van der Waals surface area contributed by atoms with E-state index in [2.05, 4.69) is 5.32 Å². The van der Waals surface area contributed by atoms with E-state index < -0.39 is 24.3 Å². The lowest BCUT2D eigenvalue weighted by atomic mass is 10.1. The Labute approximate surface area is 152 Å². The molecule has 0 unspecified atom stereocenters. The number of hydrogen-bond donors (Lipinski definition) is 2. The predicted octanol–water partition coefficient (Wildman–Crippen LogP) is 0.798. The lowest BCUT2D eigenvalue weighted by molar-refractivity contribution is -0.132. The minimum atomic E-state index is -0.740. The van der Waals surface area contributed by atoms with Crippen molar-refractivity contribution in [2.75, 3.05) is 19.8 Å². The van der Waals surface area contributed by atoms with E-state index in [1.165, 1.54) is 0 Å². The molecule has 1 aromatic rings. The van der Waals surface area contributed by atoms with Gasteiger partial charge in [-0.1, -0.05) is 19.1 Å². The van der Waals surface area contributed by atoms with Crippen molar-refractivity contribution in [2.45, 2.75) is 33.1 Å². The number of nitrogens with zero attached hydrogens (tertiary/aromatic N) is 1. The Morgan fingerprint density at radius 1 is 1.23 bits per heavy atom. The molecule has 0 aliphatic heterocycles. The second-order valence-electron chi connectivity index (χ2n) is 5.59. The Balaban J connectivity index is 2.93. The third-order valence-corrected chi connectivity index (χ3v) is 3.56. The van der Waals surface area contributed by atoms with Crippen LogP contribution in [0.1, 0.15) is 42.1 Å². The molecule has 0 saturated heterocycles. The van der Waals surface area contributed by atoms with Crippen molar-refractivity contribution in [3.8, 4) is 5.75 Å². The summed E-state index contributed by atoms with van der Waals surface area (Å²) in [4.78, 5) is 47.7. The summed E-state index contributed by atoms with van der Waals surface area (Å²) in [6.45, 7) is 3.06.